The highest BCUT2D eigenvalue weighted by molar-refractivity contribution is 5.88. The molecule has 0 radical (unpaired) electrons. The highest BCUT2D eigenvalue weighted by atomic mass is 16.3. The second-order valence-corrected chi connectivity index (χ2v) is 5.80. The predicted octanol–water partition coefficient (Wildman–Crippen LogP) is 2.39. The van der Waals surface area contributed by atoms with Crippen LogP contribution < -0.4 is 5.32 Å². The molecule has 0 bridgehead atoms. The number of fused-ring (bicyclic) bond motifs is 1. The third-order valence-corrected chi connectivity index (χ3v) is 4.00. The van der Waals surface area contributed by atoms with Gasteiger partial charge < -0.3 is 10.4 Å². The Morgan fingerprint density at radius 2 is 2.04 bits per heavy atom. The van der Waals surface area contributed by atoms with Crippen molar-refractivity contribution in [2.45, 2.75) is 32.2 Å². The highest BCUT2D eigenvalue weighted by Gasteiger charge is 2.15. The van der Waals surface area contributed by atoms with Gasteiger partial charge in [-0.2, -0.15) is 5.10 Å². The minimum absolute atomic E-state index is 0.0338. The summed E-state index contributed by atoms with van der Waals surface area (Å²) in [6.45, 7) is 2.20. The minimum atomic E-state index is -0.0338. The van der Waals surface area contributed by atoms with E-state index in [1.165, 1.54) is 0 Å². The van der Waals surface area contributed by atoms with E-state index in [9.17, 15) is 5.11 Å². The monoisotopic (exact) mass is 326 g/mol. The second kappa shape index (κ2) is 7.35. The second-order valence-electron chi connectivity index (χ2n) is 5.80. The summed E-state index contributed by atoms with van der Waals surface area (Å²) in [6.07, 6.45) is 8.23. The molecule has 3 aromatic rings. The van der Waals surface area contributed by atoms with Crippen molar-refractivity contribution in [2.75, 3.05) is 11.9 Å². The van der Waals surface area contributed by atoms with Gasteiger partial charge >= 0.3 is 0 Å². The lowest BCUT2D eigenvalue weighted by Gasteiger charge is -2.17. The van der Waals surface area contributed by atoms with Gasteiger partial charge in [0.25, 0.3) is 0 Å². The van der Waals surface area contributed by atoms with E-state index in [-0.39, 0.29) is 12.6 Å². The Hall–Kier alpha value is -2.54. The Kier molecular flexibility index (Phi) is 5.00. The summed E-state index contributed by atoms with van der Waals surface area (Å²) in [5.41, 5.74) is 1.65. The Morgan fingerprint density at radius 3 is 2.75 bits per heavy atom. The maximum Gasteiger partial charge on any atom is 0.164 e. The van der Waals surface area contributed by atoms with Crippen molar-refractivity contribution in [3.8, 4) is 11.4 Å². The summed E-state index contributed by atoms with van der Waals surface area (Å²) in [4.78, 5) is 13.3. The number of anilines is 1. The van der Waals surface area contributed by atoms with Crippen molar-refractivity contribution in [3.63, 3.8) is 0 Å². The van der Waals surface area contributed by atoms with Gasteiger partial charge in [0.1, 0.15) is 5.82 Å². The van der Waals surface area contributed by atoms with Crippen molar-refractivity contribution < 1.29 is 5.11 Å². The molecule has 0 aromatic carbocycles. The molecule has 0 aliphatic carbocycles. The summed E-state index contributed by atoms with van der Waals surface area (Å²) in [7, 11) is 1.86. The topological polar surface area (TPSA) is 88.8 Å². The van der Waals surface area contributed by atoms with E-state index >= 15 is 0 Å². The van der Waals surface area contributed by atoms with E-state index in [1.54, 1.807) is 23.3 Å². The number of rotatable bonds is 7. The first-order chi connectivity index (χ1) is 11.7. The largest absolute Gasteiger partial charge is 0.394 e. The van der Waals surface area contributed by atoms with Gasteiger partial charge in [-0.1, -0.05) is 19.8 Å². The molecule has 2 N–H and O–H groups in total. The van der Waals surface area contributed by atoms with Crippen LogP contribution in [0.1, 0.15) is 26.2 Å². The molecule has 0 spiro atoms. The first kappa shape index (κ1) is 16.3. The van der Waals surface area contributed by atoms with Gasteiger partial charge in [-0.25, -0.2) is 9.97 Å². The molecule has 24 heavy (non-hydrogen) atoms. The molecule has 0 aliphatic heterocycles. The highest BCUT2D eigenvalue weighted by Crippen LogP contribution is 2.25. The molecule has 3 rings (SSSR count). The van der Waals surface area contributed by atoms with E-state index in [0.717, 1.165) is 35.9 Å². The number of aliphatic hydroxyl groups excluding tert-OH is 1. The van der Waals surface area contributed by atoms with Crippen LogP contribution in [0.4, 0.5) is 5.82 Å². The maximum atomic E-state index is 9.64. The summed E-state index contributed by atoms with van der Waals surface area (Å²) >= 11 is 0. The number of hydrogen-bond donors (Lipinski definition) is 2. The lowest BCUT2D eigenvalue weighted by atomic mass is 10.1. The first-order valence-electron chi connectivity index (χ1n) is 8.20. The number of aliphatic hydroxyl groups is 1. The summed E-state index contributed by atoms with van der Waals surface area (Å²) in [5, 5.41) is 18.1. The summed E-state index contributed by atoms with van der Waals surface area (Å²) in [6, 6.07) is 3.72. The Balaban J connectivity index is 2.02. The number of nitrogens with zero attached hydrogens (tertiary/aromatic N) is 5. The van der Waals surface area contributed by atoms with Crippen LogP contribution in [0, 0.1) is 0 Å². The van der Waals surface area contributed by atoms with Gasteiger partial charge in [0, 0.05) is 25.0 Å². The molecule has 0 amide bonds. The molecule has 7 heteroatoms. The zero-order chi connectivity index (χ0) is 16.9. The van der Waals surface area contributed by atoms with Gasteiger partial charge in [-0.15, -0.1) is 0 Å². The fraction of sp³-hybridized carbons (Fsp3) is 0.412. The van der Waals surface area contributed by atoms with E-state index in [2.05, 4.69) is 32.3 Å². The SMILES string of the molecule is CCCC[C@@H](CO)Nc1nc(-c2ccncc2)nc2c1cnn2C. The zero-order valence-corrected chi connectivity index (χ0v) is 14.0. The van der Waals surface area contributed by atoms with Crippen LogP contribution in [-0.4, -0.2) is 42.5 Å². The van der Waals surface area contributed by atoms with E-state index < -0.39 is 0 Å². The van der Waals surface area contributed by atoms with Gasteiger partial charge in [-0.05, 0) is 18.6 Å². The van der Waals surface area contributed by atoms with Crippen LogP contribution >= 0.6 is 0 Å². The van der Waals surface area contributed by atoms with Crippen LogP contribution in [-0.2, 0) is 7.05 Å². The van der Waals surface area contributed by atoms with Crippen LogP contribution in [0.15, 0.2) is 30.7 Å². The number of hydrogen-bond acceptors (Lipinski definition) is 6. The van der Waals surface area contributed by atoms with E-state index in [4.69, 9.17) is 0 Å². The molecule has 0 aliphatic rings. The molecule has 0 saturated carbocycles. The van der Waals surface area contributed by atoms with E-state index in [1.807, 2.05) is 19.2 Å². The molecular weight excluding hydrogens is 304 g/mol. The average Bonchev–Trinajstić information content (AvgIpc) is 3.00. The summed E-state index contributed by atoms with van der Waals surface area (Å²) < 4.78 is 1.73. The molecule has 0 fully saturated rings. The van der Waals surface area contributed by atoms with Crippen LogP contribution in [0.3, 0.4) is 0 Å². The third-order valence-electron chi connectivity index (χ3n) is 4.00. The van der Waals surface area contributed by atoms with Gasteiger partial charge in [-0.3, -0.25) is 9.67 Å². The van der Waals surface area contributed by atoms with Crippen molar-refractivity contribution in [1.82, 2.24) is 24.7 Å². The number of aromatic nitrogens is 5. The van der Waals surface area contributed by atoms with Crippen molar-refractivity contribution in [3.05, 3.63) is 30.7 Å². The average molecular weight is 326 g/mol. The third kappa shape index (κ3) is 3.35. The maximum absolute atomic E-state index is 9.64. The Labute approximate surface area is 140 Å². The van der Waals surface area contributed by atoms with Crippen LogP contribution in [0.2, 0.25) is 0 Å². The number of unbranched alkanes of at least 4 members (excludes halogenated alkanes) is 1. The van der Waals surface area contributed by atoms with Gasteiger partial charge in [0.2, 0.25) is 0 Å². The number of pyridine rings is 1. The number of nitrogens with one attached hydrogen (secondary N) is 1. The van der Waals surface area contributed by atoms with Gasteiger partial charge in [0.05, 0.1) is 24.2 Å². The predicted molar refractivity (Wildman–Crippen MR) is 93.6 cm³/mol. The van der Waals surface area contributed by atoms with Crippen LogP contribution in [0.5, 0.6) is 0 Å². The zero-order valence-electron chi connectivity index (χ0n) is 14.0. The van der Waals surface area contributed by atoms with Crippen molar-refractivity contribution in [2.24, 2.45) is 7.05 Å². The molecule has 0 unspecified atom stereocenters. The van der Waals surface area contributed by atoms with E-state index in [0.29, 0.717) is 11.6 Å². The number of aryl methyl sites for hydroxylation is 1. The smallest absolute Gasteiger partial charge is 0.164 e. The molecule has 3 aromatic heterocycles. The van der Waals surface area contributed by atoms with Crippen LogP contribution in [0.25, 0.3) is 22.4 Å². The first-order valence-corrected chi connectivity index (χ1v) is 8.20. The Morgan fingerprint density at radius 1 is 1.25 bits per heavy atom. The van der Waals surface area contributed by atoms with Crippen molar-refractivity contribution in [1.29, 1.82) is 0 Å². The lowest BCUT2D eigenvalue weighted by molar-refractivity contribution is 0.267. The quantitative estimate of drug-likeness (QED) is 0.693. The molecule has 3 heterocycles. The Bertz CT molecular complexity index is 801. The lowest BCUT2D eigenvalue weighted by Crippen LogP contribution is -2.24. The molecular formula is C17H22N6O. The molecule has 0 saturated heterocycles. The minimum Gasteiger partial charge on any atom is -0.394 e. The summed E-state index contributed by atoms with van der Waals surface area (Å²) in [5.74, 6) is 1.32. The van der Waals surface area contributed by atoms with Gasteiger partial charge in [0.15, 0.2) is 11.5 Å². The molecule has 1 atom stereocenters. The molecule has 7 nitrogen and oxygen atoms in total. The fourth-order valence-electron chi connectivity index (χ4n) is 2.62. The fourth-order valence-corrected chi connectivity index (χ4v) is 2.62. The normalized spacial score (nSPS) is 12.5. The van der Waals surface area contributed by atoms with Crippen molar-refractivity contribution >= 4 is 16.9 Å². The molecule has 126 valence electrons. The standard InChI is InChI=1S/C17H22N6O/c1-3-4-5-13(11-24)20-16-14-10-19-23(2)17(14)22-15(21-16)12-6-8-18-9-7-12/h6-10,13,24H,3-5,11H2,1-2H3,(H,20,21,22)/t13-/m0/s1.